The Morgan fingerprint density at radius 1 is 1.27 bits per heavy atom. The summed E-state index contributed by atoms with van der Waals surface area (Å²) in [6, 6.07) is 5.06. The maximum absolute atomic E-state index is 11.4. The van der Waals surface area contributed by atoms with Crippen LogP contribution in [0.3, 0.4) is 0 Å². The quantitative estimate of drug-likeness (QED) is 0.417. The van der Waals surface area contributed by atoms with E-state index in [2.05, 4.69) is 64.2 Å². The van der Waals surface area contributed by atoms with Gasteiger partial charge in [0.15, 0.2) is 5.96 Å². The zero-order chi connectivity index (χ0) is 22.1. The molecular weight excluding hydrogens is 378 g/mol. The van der Waals surface area contributed by atoms with Gasteiger partial charge in [-0.05, 0) is 46.6 Å². The molecule has 2 heterocycles. The molecule has 0 atom stereocenters. The molecule has 0 aliphatic carbocycles. The number of pyridine rings is 1. The van der Waals surface area contributed by atoms with Gasteiger partial charge in [-0.1, -0.05) is 6.07 Å². The van der Waals surface area contributed by atoms with Gasteiger partial charge >= 0.3 is 0 Å². The number of nitrogens with zero attached hydrogens (tertiary/aromatic N) is 4. The van der Waals surface area contributed by atoms with E-state index in [4.69, 9.17) is 5.73 Å². The minimum Gasteiger partial charge on any atom is -0.369 e. The van der Waals surface area contributed by atoms with E-state index in [1.54, 1.807) is 7.05 Å². The van der Waals surface area contributed by atoms with Crippen LogP contribution in [0.1, 0.15) is 46.1 Å². The molecule has 1 aromatic rings. The number of guanidine groups is 1. The van der Waals surface area contributed by atoms with Crippen molar-refractivity contribution in [3.05, 3.63) is 23.9 Å². The molecule has 0 bridgehead atoms. The number of carbonyl (C=O) groups is 1. The molecule has 8 heteroatoms. The lowest BCUT2D eigenvalue weighted by Gasteiger charge is -2.32. The number of hydrogen-bond acceptors (Lipinski definition) is 5. The van der Waals surface area contributed by atoms with Crippen molar-refractivity contribution >= 4 is 17.7 Å². The summed E-state index contributed by atoms with van der Waals surface area (Å²) in [6.07, 6.45) is 3.38. The van der Waals surface area contributed by atoms with Crippen LogP contribution in [0.15, 0.2) is 23.3 Å². The lowest BCUT2D eigenvalue weighted by molar-refractivity contribution is -0.122. The molecule has 1 amide bonds. The Balaban J connectivity index is 1.90. The maximum atomic E-state index is 11.4. The number of carbonyl (C=O) groups excluding carboxylic acids is 1. The lowest BCUT2D eigenvalue weighted by atomic mass is 9.96. The molecule has 1 aromatic heterocycles. The molecule has 0 aromatic carbocycles. The van der Waals surface area contributed by atoms with Crippen molar-refractivity contribution in [2.24, 2.45) is 16.6 Å². The number of nitrogens with two attached hydrogens (primary N) is 1. The van der Waals surface area contributed by atoms with E-state index >= 15 is 0 Å². The molecule has 4 N–H and O–H groups in total. The smallest absolute Gasteiger partial charge is 0.220 e. The van der Waals surface area contributed by atoms with Gasteiger partial charge in [0, 0.05) is 69.5 Å². The molecule has 1 aliphatic heterocycles. The van der Waals surface area contributed by atoms with Gasteiger partial charge in [0.1, 0.15) is 5.82 Å². The van der Waals surface area contributed by atoms with E-state index < -0.39 is 0 Å². The van der Waals surface area contributed by atoms with E-state index in [1.165, 1.54) is 0 Å². The third kappa shape index (κ3) is 6.86. The predicted molar refractivity (Wildman–Crippen MR) is 124 cm³/mol. The highest BCUT2D eigenvalue weighted by atomic mass is 16.1. The SMILES string of the molecule is CN=C(NCCN(C(C)C)C(C)C)NCc1cccnc1N1CCC(C(N)=O)CC1. The topological polar surface area (TPSA) is 98.9 Å². The van der Waals surface area contributed by atoms with E-state index in [0.29, 0.717) is 18.6 Å². The molecule has 1 fully saturated rings. The van der Waals surface area contributed by atoms with E-state index in [1.807, 2.05) is 12.3 Å². The fourth-order valence-electron chi connectivity index (χ4n) is 4.04. The standard InChI is InChI=1S/C22H39N7O/c1-16(2)29(17(3)4)14-11-26-22(24-5)27-15-19-7-6-10-25-21(19)28-12-8-18(9-13-28)20(23)30/h6-7,10,16-18H,8-9,11-15H2,1-5H3,(H2,23,30)(H2,24,26,27). The third-order valence-corrected chi connectivity index (χ3v) is 5.72. The molecular formula is C22H39N7O. The fourth-order valence-corrected chi connectivity index (χ4v) is 4.04. The Bertz CT molecular complexity index is 688. The van der Waals surface area contributed by atoms with Gasteiger partial charge < -0.3 is 21.3 Å². The highest BCUT2D eigenvalue weighted by Gasteiger charge is 2.25. The molecule has 8 nitrogen and oxygen atoms in total. The van der Waals surface area contributed by atoms with Gasteiger partial charge in [-0.2, -0.15) is 0 Å². The van der Waals surface area contributed by atoms with E-state index in [0.717, 1.165) is 56.4 Å². The van der Waals surface area contributed by atoms with Gasteiger partial charge in [-0.15, -0.1) is 0 Å². The molecule has 1 saturated heterocycles. The zero-order valence-electron chi connectivity index (χ0n) is 19.2. The van der Waals surface area contributed by atoms with Crippen molar-refractivity contribution in [2.75, 3.05) is 38.1 Å². The van der Waals surface area contributed by atoms with Crippen LogP contribution in [-0.2, 0) is 11.3 Å². The molecule has 1 aliphatic rings. The first-order valence-electron chi connectivity index (χ1n) is 11.0. The molecule has 2 rings (SSSR count). The molecule has 168 valence electrons. The van der Waals surface area contributed by atoms with Gasteiger partial charge in [0.05, 0.1) is 0 Å². The number of anilines is 1. The summed E-state index contributed by atoms with van der Waals surface area (Å²) in [5, 5.41) is 6.81. The van der Waals surface area contributed by atoms with Crippen LogP contribution in [0.5, 0.6) is 0 Å². The first-order chi connectivity index (χ1) is 14.3. The average molecular weight is 418 g/mol. The number of rotatable bonds is 9. The molecule has 0 saturated carbocycles. The number of primary amides is 1. The molecule has 0 spiro atoms. The van der Waals surface area contributed by atoms with Gasteiger partial charge in [0.25, 0.3) is 0 Å². The molecule has 30 heavy (non-hydrogen) atoms. The average Bonchev–Trinajstić information content (AvgIpc) is 2.73. The predicted octanol–water partition coefficient (Wildman–Crippen LogP) is 1.57. The lowest BCUT2D eigenvalue weighted by Crippen LogP contribution is -2.45. The second-order valence-corrected chi connectivity index (χ2v) is 8.43. The number of nitrogens with one attached hydrogen (secondary N) is 2. The number of piperidine rings is 1. The highest BCUT2D eigenvalue weighted by molar-refractivity contribution is 5.79. The number of hydrogen-bond donors (Lipinski definition) is 3. The van der Waals surface area contributed by atoms with Crippen molar-refractivity contribution in [3.63, 3.8) is 0 Å². The van der Waals surface area contributed by atoms with Crippen LogP contribution in [-0.4, -0.2) is 67.1 Å². The summed E-state index contributed by atoms with van der Waals surface area (Å²) in [6.45, 7) is 12.9. The van der Waals surface area contributed by atoms with Crippen molar-refractivity contribution < 1.29 is 4.79 Å². The largest absolute Gasteiger partial charge is 0.369 e. The second kappa shape index (κ2) is 11.7. The van der Waals surface area contributed by atoms with Crippen molar-refractivity contribution in [3.8, 4) is 0 Å². The fraction of sp³-hybridized carbons (Fsp3) is 0.682. The number of aromatic nitrogens is 1. The third-order valence-electron chi connectivity index (χ3n) is 5.72. The normalized spacial score (nSPS) is 15.9. The molecule has 0 radical (unpaired) electrons. The van der Waals surface area contributed by atoms with Crippen LogP contribution in [0.2, 0.25) is 0 Å². The van der Waals surface area contributed by atoms with E-state index in [-0.39, 0.29) is 11.8 Å². The Morgan fingerprint density at radius 2 is 1.93 bits per heavy atom. The number of amides is 1. The summed E-state index contributed by atoms with van der Waals surface area (Å²) >= 11 is 0. The van der Waals surface area contributed by atoms with E-state index in [9.17, 15) is 4.79 Å². The van der Waals surface area contributed by atoms with Crippen molar-refractivity contribution in [2.45, 2.75) is 59.2 Å². The zero-order valence-corrected chi connectivity index (χ0v) is 19.2. The summed E-state index contributed by atoms with van der Waals surface area (Å²) < 4.78 is 0. The van der Waals surface area contributed by atoms with Crippen LogP contribution in [0.25, 0.3) is 0 Å². The van der Waals surface area contributed by atoms with Crippen molar-refractivity contribution in [1.29, 1.82) is 0 Å². The Labute approximate surface area is 181 Å². The molecule has 0 unspecified atom stereocenters. The minimum atomic E-state index is -0.194. The Hall–Kier alpha value is -2.35. The minimum absolute atomic E-state index is 0.0224. The first-order valence-corrected chi connectivity index (χ1v) is 11.0. The summed E-state index contributed by atoms with van der Waals surface area (Å²) in [5.74, 6) is 1.53. The van der Waals surface area contributed by atoms with Crippen molar-refractivity contribution in [1.82, 2.24) is 20.5 Å². The van der Waals surface area contributed by atoms with Crippen LogP contribution < -0.4 is 21.3 Å². The van der Waals surface area contributed by atoms with Gasteiger partial charge in [-0.25, -0.2) is 4.98 Å². The maximum Gasteiger partial charge on any atom is 0.220 e. The first kappa shape index (κ1) is 23.9. The van der Waals surface area contributed by atoms with Crippen LogP contribution in [0, 0.1) is 5.92 Å². The second-order valence-electron chi connectivity index (χ2n) is 8.43. The summed E-state index contributed by atoms with van der Waals surface area (Å²) in [5.41, 5.74) is 6.58. The van der Waals surface area contributed by atoms with Gasteiger partial charge in [-0.3, -0.25) is 14.7 Å². The summed E-state index contributed by atoms with van der Waals surface area (Å²) in [7, 11) is 1.79. The number of aliphatic imine (C=N–C) groups is 1. The Kier molecular flexibility index (Phi) is 9.36. The Morgan fingerprint density at radius 3 is 2.50 bits per heavy atom. The monoisotopic (exact) mass is 417 g/mol. The van der Waals surface area contributed by atoms with Crippen LogP contribution in [0.4, 0.5) is 5.82 Å². The summed E-state index contributed by atoms with van der Waals surface area (Å²) in [4.78, 5) is 25.1. The highest BCUT2D eigenvalue weighted by Crippen LogP contribution is 2.24. The van der Waals surface area contributed by atoms with Crippen LogP contribution >= 0.6 is 0 Å². The van der Waals surface area contributed by atoms with Gasteiger partial charge in [0.2, 0.25) is 5.91 Å².